The average Bonchev–Trinajstić information content (AvgIpc) is 3.94. The fourth-order valence-electron chi connectivity index (χ4n) is 11.4. The number of benzene rings is 11. The van der Waals surface area contributed by atoms with E-state index in [9.17, 15) is 0 Å². The molecule has 1 aromatic heterocycles. The van der Waals surface area contributed by atoms with Gasteiger partial charge in [0.25, 0.3) is 0 Å². The molecule has 276 valence electrons. The number of rotatable bonds is 2. The maximum absolute atomic E-state index is 6.54. The normalized spacial score (nSPS) is 13.5. The van der Waals surface area contributed by atoms with Gasteiger partial charge in [-0.05, 0) is 146 Å². The van der Waals surface area contributed by atoms with Crippen LogP contribution in [0.1, 0.15) is 22.3 Å². The molecule has 1 nitrogen and oxygen atoms in total. The molecule has 1 heterocycles. The molecule has 0 saturated carbocycles. The van der Waals surface area contributed by atoms with Crippen LogP contribution in [-0.2, 0) is 5.41 Å². The third kappa shape index (κ3) is 4.06. The summed E-state index contributed by atoms with van der Waals surface area (Å²) in [5, 5.41) is 12.4. The first-order chi connectivity index (χ1) is 29.8. The third-order valence-corrected chi connectivity index (χ3v) is 13.8. The molecule has 0 atom stereocenters. The molecule has 0 N–H and O–H groups in total. The minimum atomic E-state index is -0.521. The monoisotopic (exact) mass is 758 g/mol. The Morgan fingerprint density at radius 2 is 0.850 bits per heavy atom. The zero-order chi connectivity index (χ0) is 39.1. The van der Waals surface area contributed by atoms with Crippen LogP contribution in [0, 0.1) is 0 Å². The highest BCUT2D eigenvalue weighted by molar-refractivity contribution is 6.21. The van der Waals surface area contributed by atoms with Crippen LogP contribution < -0.4 is 0 Å². The minimum absolute atomic E-state index is 0.521. The lowest BCUT2D eigenvalue weighted by atomic mass is 9.69. The SMILES string of the molecule is c1ccc2c(c1)-c1ccccc1C21c2ccccc2-c2c(-c3ccc4c(c3)oc3ccccc34)cc3ccc(-c4c5ccccc5cc5c4ccc4ccccc45)cc3c21. The van der Waals surface area contributed by atoms with Crippen LogP contribution in [-0.4, -0.2) is 0 Å². The number of hydrogen-bond donors (Lipinski definition) is 0. The molecule has 11 aromatic carbocycles. The standard InChI is InChI=1S/C59H34O/c1-3-15-40-35(13-1)27-30-46-50(40)32-36-14-2-4-16-41(36)56(46)39-26-25-37-31-48(38-28-29-45-44-19-8-12-24-54(44)60-55(45)34-38)57-47-20-7-11-23-53(47)59(58(57)49(37)33-39)51-21-9-5-17-42(51)43-18-6-10-22-52(43)59/h1-34H. The van der Waals surface area contributed by atoms with Crippen LogP contribution in [0.15, 0.2) is 211 Å². The van der Waals surface area contributed by atoms with E-state index in [1.165, 1.54) is 104 Å². The first-order valence-corrected chi connectivity index (χ1v) is 20.9. The van der Waals surface area contributed by atoms with Crippen molar-refractivity contribution in [3.05, 3.63) is 229 Å². The van der Waals surface area contributed by atoms with E-state index >= 15 is 0 Å². The van der Waals surface area contributed by atoms with Gasteiger partial charge >= 0.3 is 0 Å². The van der Waals surface area contributed by atoms with Gasteiger partial charge in [-0.1, -0.05) is 170 Å². The van der Waals surface area contributed by atoms with Crippen LogP contribution in [0.5, 0.6) is 0 Å². The summed E-state index contributed by atoms with van der Waals surface area (Å²) in [6, 6.07) is 77.1. The van der Waals surface area contributed by atoms with Gasteiger partial charge in [0.05, 0.1) is 5.41 Å². The van der Waals surface area contributed by atoms with Crippen LogP contribution in [0.25, 0.3) is 110 Å². The van der Waals surface area contributed by atoms with Gasteiger partial charge in [0.1, 0.15) is 11.2 Å². The summed E-state index contributed by atoms with van der Waals surface area (Å²) in [7, 11) is 0. The Bertz CT molecular complexity index is 3800. The van der Waals surface area contributed by atoms with Gasteiger partial charge in [-0.2, -0.15) is 0 Å². The van der Waals surface area contributed by atoms with Gasteiger partial charge in [0.15, 0.2) is 0 Å². The highest BCUT2D eigenvalue weighted by Crippen LogP contribution is 2.65. The molecule has 14 rings (SSSR count). The molecular weight excluding hydrogens is 725 g/mol. The molecule has 0 bridgehead atoms. The summed E-state index contributed by atoms with van der Waals surface area (Å²) in [4.78, 5) is 0. The van der Waals surface area contributed by atoms with Crippen molar-refractivity contribution in [1.29, 1.82) is 0 Å². The van der Waals surface area contributed by atoms with Crippen LogP contribution >= 0.6 is 0 Å². The fourth-order valence-corrected chi connectivity index (χ4v) is 11.4. The quantitative estimate of drug-likeness (QED) is 0.126. The third-order valence-electron chi connectivity index (χ3n) is 13.8. The zero-order valence-electron chi connectivity index (χ0n) is 32.5. The second-order valence-corrected chi connectivity index (χ2v) is 16.7. The molecule has 0 aliphatic heterocycles. The summed E-state index contributed by atoms with van der Waals surface area (Å²) in [5.74, 6) is 0. The lowest BCUT2D eigenvalue weighted by Crippen LogP contribution is -2.26. The van der Waals surface area contributed by atoms with Crippen molar-refractivity contribution in [2.75, 3.05) is 0 Å². The number of para-hydroxylation sites is 1. The minimum Gasteiger partial charge on any atom is -0.456 e. The van der Waals surface area contributed by atoms with E-state index in [4.69, 9.17) is 4.42 Å². The number of furan rings is 1. The molecule has 0 fully saturated rings. The first kappa shape index (κ1) is 32.2. The molecule has 0 radical (unpaired) electrons. The second-order valence-electron chi connectivity index (χ2n) is 16.7. The van der Waals surface area contributed by atoms with Crippen LogP contribution in [0.2, 0.25) is 0 Å². The smallest absolute Gasteiger partial charge is 0.136 e. The summed E-state index contributed by atoms with van der Waals surface area (Å²) in [6.07, 6.45) is 0. The summed E-state index contributed by atoms with van der Waals surface area (Å²) >= 11 is 0. The molecule has 2 aliphatic rings. The van der Waals surface area contributed by atoms with E-state index in [1.807, 2.05) is 6.07 Å². The van der Waals surface area contributed by atoms with Gasteiger partial charge in [0.2, 0.25) is 0 Å². The fraction of sp³-hybridized carbons (Fsp3) is 0.0169. The number of hydrogen-bond acceptors (Lipinski definition) is 1. The summed E-state index contributed by atoms with van der Waals surface area (Å²) in [6.45, 7) is 0. The predicted molar refractivity (Wildman–Crippen MR) is 251 cm³/mol. The molecule has 0 unspecified atom stereocenters. The molecule has 2 aliphatic carbocycles. The average molecular weight is 759 g/mol. The van der Waals surface area contributed by atoms with Crippen LogP contribution in [0.3, 0.4) is 0 Å². The Morgan fingerprint density at radius 1 is 0.283 bits per heavy atom. The Balaban J connectivity index is 1.15. The Labute approximate surface area is 346 Å². The maximum Gasteiger partial charge on any atom is 0.136 e. The van der Waals surface area contributed by atoms with Crippen molar-refractivity contribution in [3.8, 4) is 44.5 Å². The molecule has 1 spiro atoms. The van der Waals surface area contributed by atoms with E-state index in [-0.39, 0.29) is 0 Å². The van der Waals surface area contributed by atoms with Crippen molar-refractivity contribution >= 4 is 65.0 Å². The van der Waals surface area contributed by atoms with Crippen molar-refractivity contribution in [2.24, 2.45) is 0 Å². The van der Waals surface area contributed by atoms with E-state index < -0.39 is 5.41 Å². The number of fused-ring (bicyclic) bond motifs is 19. The van der Waals surface area contributed by atoms with E-state index in [0.717, 1.165) is 27.5 Å². The Morgan fingerprint density at radius 3 is 1.65 bits per heavy atom. The van der Waals surface area contributed by atoms with Crippen molar-refractivity contribution in [3.63, 3.8) is 0 Å². The lowest BCUT2D eigenvalue weighted by molar-refractivity contribution is 0.669. The van der Waals surface area contributed by atoms with E-state index in [1.54, 1.807) is 0 Å². The second kappa shape index (κ2) is 11.7. The molecular formula is C59H34O. The summed E-state index contributed by atoms with van der Waals surface area (Å²) in [5.41, 5.74) is 16.8. The topological polar surface area (TPSA) is 13.1 Å². The van der Waals surface area contributed by atoms with Gasteiger partial charge in [0, 0.05) is 10.8 Å². The molecule has 12 aromatic rings. The predicted octanol–water partition coefficient (Wildman–Crippen LogP) is 15.9. The highest BCUT2D eigenvalue weighted by atomic mass is 16.3. The zero-order valence-corrected chi connectivity index (χ0v) is 32.5. The molecule has 0 saturated heterocycles. The van der Waals surface area contributed by atoms with Crippen molar-refractivity contribution < 1.29 is 4.42 Å². The van der Waals surface area contributed by atoms with Crippen LogP contribution in [0.4, 0.5) is 0 Å². The van der Waals surface area contributed by atoms with E-state index in [0.29, 0.717) is 0 Å². The van der Waals surface area contributed by atoms with E-state index in [2.05, 4.69) is 200 Å². The van der Waals surface area contributed by atoms with Gasteiger partial charge in [-0.25, -0.2) is 0 Å². The Kier molecular flexibility index (Phi) is 6.28. The molecule has 1 heteroatoms. The molecule has 0 amide bonds. The van der Waals surface area contributed by atoms with Gasteiger partial charge < -0.3 is 4.42 Å². The van der Waals surface area contributed by atoms with Crippen molar-refractivity contribution in [1.82, 2.24) is 0 Å². The Hall–Kier alpha value is -7.74. The first-order valence-electron chi connectivity index (χ1n) is 20.9. The van der Waals surface area contributed by atoms with Gasteiger partial charge in [-0.15, -0.1) is 0 Å². The lowest BCUT2D eigenvalue weighted by Gasteiger charge is -2.32. The maximum atomic E-state index is 6.54. The van der Waals surface area contributed by atoms with Crippen molar-refractivity contribution in [2.45, 2.75) is 5.41 Å². The largest absolute Gasteiger partial charge is 0.456 e. The van der Waals surface area contributed by atoms with Gasteiger partial charge in [-0.3, -0.25) is 0 Å². The highest BCUT2D eigenvalue weighted by Gasteiger charge is 2.53. The molecule has 60 heavy (non-hydrogen) atoms. The summed E-state index contributed by atoms with van der Waals surface area (Å²) < 4.78 is 6.54.